The average Bonchev–Trinajstić information content (AvgIpc) is 2.12. The first-order valence-electron chi connectivity index (χ1n) is 6.60. The minimum atomic E-state index is 0.702. The summed E-state index contributed by atoms with van der Waals surface area (Å²) in [6, 6.07) is 0. The lowest BCUT2D eigenvalue weighted by Gasteiger charge is -2.62. The van der Waals surface area contributed by atoms with Gasteiger partial charge in [-0.25, -0.2) is 0 Å². The molecule has 4 bridgehead atoms. The Labute approximate surface area is 88.5 Å². The fraction of sp³-hybridized carbons (Fsp3) is 1.00. The number of rotatable bonds is 1. The quantitative estimate of drug-likeness (QED) is 0.586. The van der Waals surface area contributed by atoms with Crippen LogP contribution in [0, 0.1) is 35.0 Å². The van der Waals surface area contributed by atoms with Crippen LogP contribution < -0.4 is 0 Å². The number of hydrogen-bond acceptors (Lipinski definition) is 0. The maximum atomic E-state index is 2.60. The van der Waals surface area contributed by atoms with Crippen molar-refractivity contribution in [3.63, 3.8) is 0 Å². The molecule has 0 amide bonds. The van der Waals surface area contributed by atoms with Gasteiger partial charge in [-0.2, -0.15) is 0 Å². The molecule has 4 fully saturated rings. The van der Waals surface area contributed by atoms with Crippen LogP contribution in [0.4, 0.5) is 0 Å². The summed E-state index contributed by atoms with van der Waals surface area (Å²) in [4.78, 5) is 0. The molecule has 4 aliphatic carbocycles. The standard InChI is InChI=1S/C14H24/c1-9(2)14(3)12-5-10-4-11(7-12)8-13(14)6-10/h9-13H,4-8H2,1-3H3. The third kappa shape index (κ3) is 1.01. The van der Waals surface area contributed by atoms with Crippen LogP contribution in [0.1, 0.15) is 52.9 Å². The van der Waals surface area contributed by atoms with E-state index in [1.165, 1.54) is 0 Å². The van der Waals surface area contributed by atoms with Crippen LogP contribution in [0.3, 0.4) is 0 Å². The van der Waals surface area contributed by atoms with Crippen LogP contribution in [0.15, 0.2) is 0 Å². The normalized spacial score (nSPS) is 55.7. The number of hydrogen-bond donors (Lipinski definition) is 0. The summed E-state index contributed by atoms with van der Waals surface area (Å²) in [5, 5.41) is 0. The van der Waals surface area contributed by atoms with Gasteiger partial charge in [0.05, 0.1) is 0 Å². The van der Waals surface area contributed by atoms with E-state index >= 15 is 0 Å². The molecule has 0 aromatic rings. The first-order valence-corrected chi connectivity index (χ1v) is 6.60. The minimum Gasteiger partial charge on any atom is -0.0622 e. The van der Waals surface area contributed by atoms with Crippen molar-refractivity contribution < 1.29 is 0 Å². The Morgan fingerprint density at radius 1 is 0.857 bits per heavy atom. The van der Waals surface area contributed by atoms with E-state index in [2.05, 4.69) is 20.8 Å². The van der Waals surface area contributed by atoms with Crippen LogP contribution in [-0.2, 0) is 0 Å². The Morgan fingerprint density at radius 3 is 1.64 bits per heavy atom. The molecule has 0 saturated heterocycles. The van der Waals surface area contributed by atoms with Gasteiger partial charge in [0.2, 0.25) is 0 Å². The van der Waals surface area contributed by atoms with E-state index in [1.54, 1.807) is 32.1 Å². The van der Waals surface area contributed by atoms with Crippen molar-refractivity contribution in [1.29, 1.82) is 0 Å². The van der Waals surface area contributed by atoms with Crippen LogP contribution in [0.25, 0.3) is 0 Å². The van der Waals surface area contributed by atoms with E-state index in [9.17, 15) is 0 Å². The summed E-state index contributed by atoms with van der Waals surface area (Å²) in [6.45, 7) is 7.52. The molecule has 4 saturated carbocycles. The smallest absolute Gasteiger partial charge is 0.0246 e. The molecule has 0 aromatic carbocycles. The minimum absolute atomic E-state index is 0.702. The lowest BCUT2D eigenvalue weighted by atomic mass is 9.43. The zero-order chi connectivity index (χ0) is 9.92. The van der Waals surface area contributed by atoms with E-state index < -0.39 is 0 Å². The van der Waals surface area contributed by atoms with Gasteiger partial charge in [-0.3, -0.25) is 0 Å². The third-order valence-electron chi connectivity index (χ3n) is 6.14. The summed E-state index contributed by atoms with van der Waals surface area (Å²) in [7, 11) is 0. The molecule has 80 valence electrons. The molecule has 0 spiro atoms. The molecule has 0 aromatic heterocycles. The fourth-order valence-corrected chi connectivity index (χ4v) is 5.14. The second-order valence-corrected chi connectivity index (χ2v) is 6.83. The highest BCUT2D eigenvalue weighted by Gasteiger charge is 2.55. The third-order valence-corrected chi connectivity index (χ3v) is 6.14. The Balaban J connectivity index is 1.94. The van der Waals surface area contributed by atoms with Gasteiger partial charge in [-0.1, -0.05) is 20.8 Å². The molecule has 14 heavy (non-hydrogen) atoms. The largest absolute Gasteiger partial charge is 0.0622 e. The molecule has 0 atom stereocenters. The summed E-state index contributed by atoms with van der Waals surface area (Å²) in [6.07, 6.45) is 7.87. The van der Waals surface area contributed by atoms with Crippen molar-refractivity contribution in [3.8, 4) is 0 Å². The van der Waals surface area contributed by atoms with E-state index in [0.29, 0.717) is 5.41 Å². The first kappa shape index (κ1) is 9.24. The molecule has 0 aliphatic heterocycles. The van der Waals surface area contributed by atoms with Crippen LogP contribution >= 0.6 is 0 Å². The van der Waals surface area contributed by atoms with Crippen molar-refractivity contribution in [2.75, 3.05) is 0 Å². The Bertz CT molecular complexity index is 210. The average molecular weight is 192 g/mol. The highest BCUT2D eigenvalue weighted by molar-refractivity contribution is 5.05. The molecule has 0 heteroatoms. The van der Waals surface area contributed by atoms with E-state index in [4.69, 9.17) is 0 Å². The van der Waals surface area contributed by atoms with E-state index in [-0.39, 0.29) is 0 Å². The summed E-state index contributed by atoms with van der Waals surface area (Å²) in [5.41, 5.74) is 0.702. The molecule has 0 unspecified atom stereocenters. The second kappa shape index (κ2) is 2.77. The summed E-state index contributed by atoms with van der Waals surface area (Å²) in [5.74, 6) is 5.32. The highest BCUT2D eigenvalue weighted by atomic mass is 14.6. The Morgan fingerprint density at radius 2 is 1.29 bits per heavy atom. The predicted molar refractivity (Wildman–Crippen MR) is 60.0 cm³/mol. The zero-order valence-electron chi connectivity index (χ0n) is 9.92. The lowest BCUT2D eigenvalue weighted by Crippen LogP contribution is -2.53. The zero-order valence-corrected chi connectivity index (χ0v) is 9.92. The SMILES string of the molecule is CC(C)C1(C)C2CC3CC(C2)CC1C3. The van der Waals surface area contributed by atoms with Gasteiger partial charge >= 0.3 is 0 Å². The molecular weight excluding hydrogens is 168 g/mol. The van der Waals surface area contributed by atoms with Gasteiger partial charge in [0.25, 0.3) is 0 Å². The molecular formula is C14H24. The predicted octanol–water partition coefficient (Wildman–Crippen LogP) is 4.10. The Hall–Kier alpha value is 0. The monoisotopic (exact) mass is 192 g/mol. The maximum absolute atomic E-state index is 2.60. The fourth-order valence-electron chi connectivity index (χ4n) is 5.14. The van der Waals surface area contributed by atoms with Crippen LogP contribution in [-0.4, -0.2) is 0 Å². The van der Waals surface area contributed by atoms with Gasteiger partial charge in [0.15, 0.2) is 0 Å². The van der Waals surface area contributed by atoms with Gasteiger partial charge in [0, 0.05) is 0 Å². The molecule has 4 rings (SSSR count). The van der Waals surface area contributed by atoms with Crippen LogP contribution in [0.2, 0.25) is 0 Å². The van der Waals surface area contributed by atoms with E-state index in [1.807, 2.05) is 0 Å². The van der Waals surface area contributed by atoms with Gasteiger partial charge < -0.3 is 0 Å². The topological polar surface area (TPSA) is 0 Å². The summed E-state index contributed by atoms with van der Waals surface area (Å²) < 4.78 is 0. The molecule has 0 N–H and O–H groups in total. The van der Waals surface area contributed by atoms with Gasteiger partial charge in [-0.15, -0.1) is 0 Å². The first-order chi connectivity index (χ1) is 6.60. The molecule has 0 radical (unpaired) electrons. The maximum Gasteiger partial charge on any atom is -0.0246 e. The highest BCUT2D eigenvalue weighted by Crippen LogP contribution is 2.64. The van der Waals surface area contributed by atoms with Crippen molar-refractivity contribution in [2.45, 2.75) is 52.9 Å². The lowest BCUT2D eigenvalue weighted by molar-refractivity contribution is -0.122. The summed E-state index contributed by atoms with van der Waals surface area (Å²) >= 11 is 0. The molecule has 0 nitrogen and oxygen atoms in total. The second-order valence-electron chi connectivity index (χ2n) is 6.83. The van der Waals surface area contributed by atoms with E-state index in [0.717, 1.165) is 29.6 Å². The van der Waals surface area contributed by atoms with Crippen molar-refractivity contribution >= 4 is 0 Å². The van der Waals surface area contributed by atoms with Crippen LogP contribution in [0.5, 0.6) is 0 Å². The van der Waals surface area contributed by atoms with Crippen molar-refractivity contribution in [3.05, 3.63) is 0 Å². The molecule has 4 aliphatic rings. The van der Waals surface area contributed by atoms with Crippen molar-refractivity contribution in [2.24, 2.45) is 35.0 Å². The van der Waals surface area contributed by atoms with Gasteiger partial charge in [0.1, 0.15) is 0 Å². The van der Waals surface area contributed by atoms with Crippen molar-refractivity contribution in [1.82, 2.24) is 0 Å². The Kier molecular flexibility index (Phi) is 1.83. The van der Waals surface area contributed by atoms with Gasteiger partial charge in [-0.05, 0) is 67.1 Å². The molecule has 0 heterocycles.